The van der Waals surface area contributed by atoms with Gasteiger partial charge in [-0.05, 0) is 54.5 Å². The molecule has 0 atom stereocenters. The van der Waals surface area contributed by atoms with Gasteiger partial charge in [-0.1, -0.05) is 24.3 Å². The molecule has 0 aliphatic heterocycles. The summed E-state index contributed by atoms with van der Waals surface area (Å²) >= 11 is 0. The van der Waals surface area contributed by atoms with E-state index in [-0.39, 0.29) is 11.7 Å². The molecule has 6 nitrogen and oxygen atoms in total. The number of aromatic amines is 1. The number of hydrogen-bond donors (Lipinski definition) is 2. The van der Waals surface area contributed by atoms with Crippen LogP contribution in [-0.2, 0) is 0 Å². The van der Waals surface area contributed by atoms with E-state index in [4.69, 9.17) is 4.42 Å². The number of rotatable bonds is 5. The minimum Gasteiger partial charge on any atom is -0.449 e. The van der Waals surface area contributed by atoms with Crippen molar-refractivity contribution in [3.05, 3.63) is 89.5 Å². The molecule has 0 saturated heterocycles. The lowest BCUT2D eigenvalue weighted by Crippen LogP contribution is -2.10. The Kier molecular flexibility index (Phi) is 4.60. The fourth-order valence-corrected chi connectivity index (χ4v) is 2.77. The molecule has 6 heteroatoms. The lowest BCUT2D eigenvalue weighted by molar-refractivity contribution is 0.102. The molecule has 4 aromatic rings. The summed E-state index contributed by atoms with van der Waals surface area (Å²) in [6.07, 6.45) is 4.64. The van der Waals surface area contributed by atoms with Crippen molar-refractivity contribution in [2.75, 3.05) is 5.32 Å². The van der Waals surface area contributed by atoms with Crippen molar-refractivity contribution in [2.24, 2.45) is 0 Å². The molecule has 0 bridgehead atoms. The van der Waals surface area contributed by atoms with Crippen molar-refractivity contribution in [3.8, 4) is 0 Å². The van der Waals surface area contributed by atoms with E-state index in [9.17, 15) is 9.59 Å². The number of hydrogen-bond acceptors (Lipinski definition) is 4. The molecule has 4 rings (SSSR count). The standard InChI is InChI=1S/C22H17N3O3/c1-14-4-10-17-18(13-14)24-21(23-17)19(26)11-7-15-5-8-16(9-6-15)22(27)25-20-3-2-12-28-20/h2-13H,1H3,(H,23,24)(H,25,27). The van der Waals surface area contributed by atoms with Gasteiger partial charge in [0, 0.05) is 11.6 Å². The Labute approximate surface area is 160 Å². The molecular formula is C22H17N3O3. The maximum atomic E-state index is 12.4. The van der Waals surface area contributed by atoms with Gasteiger partial charge in [0.15, 0.2) is 11.7 Å². The zero-order chi connectivity index (χ0) is 19.5. The molecule has 2 N–H and O–H groups in total. The summed E-state index contributed by atoms with van der Waals surface area (Å²) in [4.78, 5) is 31.9. The number of amides is 1. The fourth-order valence-electron chi connectivity index (χ4n) is 2.77. The largest absolute Gasteiger partial charge is 0.449 e. The summed E-state index contributed by atoms with van der Waals surface area (Å²) in [5, 5.41) is 2.66. The Bertz CT molecular complexity index is 1170. The highest BCUT2D eigenvalue weighted by Crippen LogP contribution is 2.15. The number of aromatic nitrogens is 2. The molecule has 2 heterocycles. The van der Waals surface area contributed by atoms with Gasteiger partial charge in [-0.15, -0.1) is 0 Å². The van der Waals surface area contributed by atoms with Gasteiger partial charge in [0.25, 0.3) is 5.91 Å². The zero-order valence-corrected chi connectivity index (χ0v) is 15.1. The number of allylic oxidation sites excluding steroid dienone is 1. The molecule has 2 aromatic carbocycles. The van der Waals surface area contributed by atoms with Crippen LogP contribution in [0.1, 0.15) is 32.1 Å². The van der Waals surface area contributed by atoms with Crippen LogP contribution in [0.5, 0.6) is 0 Å². The number of imidazole rings is 1. The molecule has 0 unspecified atom stereocenters. The second kappa shape index (κ2) is 7.36. The average Bonchev–Trinajstić information content (AvgIpc) is 3.35. The quantitative estimate of drug-likeness (QED) is 0.396. The fraction of sp³-hybridized carbons (Fsp3) is 0.0455. The summed E-state index contributed by atoms with van der Waals surface area (Å²) in [7, 11) is 0. The van der Waals surface area contributed by atoms with Crippen LogP contribution in [-0.4, -0.2) is 21.7 Å². The molecule has 0 spiro atoms. The van der Waals surface area contributed by atoms with Gasteiger partial charge in [0.2, 0.25) is 5.78 Å². The number of fused-ring (bicyclic) bond motifs is 1. The Hall–Kier alpha value is -3.93. The highest BCUT2D eigenvalue weighted by molar-refractivity contribution is 6.06. The van der Waals surface area contributed by atoms with E-state index < -0.39 is 0 Å². The monoisotopic (exact) mass is 371 g/mol. The zero-order valence-electron chi connectivity index (χ0n) is 15.1. The molecular weight excluding hydrogens is 354 g/mol. The van der Waals surface area contributed by atoms with Crippen molar-refractivity contribution in [3.63, 3.8) is 0 Å². The number of nitrogens with zero attached hydrogens (tertiary/aromatic N) is 1. The van der Waals surface area contributed by atoms with E-state index in [1.54, 1.807) is 42.5 Å². The first kappa shape index (κ1) is 17.5. The highest BCUT2D eigenvalue weighted by atomic mass is 16.3. The van der Waals surface area contributed by atoms with E-state index >= 15 is 0 Å². The predicted octanol–water partition coefficient (Wildman–Crippen LogP) is 4.61. The summed E-state index contributed by atoms with van der Waals surface area (Å²) in [5.41, 5.74) is 3.99. The number of H-pyrrole nitrogens is 1. The Morgan fingerprint density at radius 2 is 1.93 bits per heavy atom. The Balaban J connectivity index is 1.44. The van der Waals surface area contributed by atoms with Crippen molar-refractivity contribution < 1.29 is 14.0 Å². The first-order valence-electron chi connectivity index (χ1n) is 8.72. The van der Waals surface area contributed by atoms with Crippen LogP contribution in [0.15, 0.2) is 71.4 Å². The van der Waals surface area contributed by atoms with Gasteiger partial charge >= 0.3 is 0 Å². The van der Waals surface area contributed by atoms with Crippen LogP contribution < -0.4 is 5.32 Å². The minimum absolute atomic E-state index is 0.214. The lowest BCUT2D eigenvalue weighted by atomic mass is 10.1. The number of benzene rings is 2. The van der Waals surface area contributed by atoms with Crippen LogP contribution >= 0.6 is 0 Å². The summed E-state index contributed by atoms with van der Waals surface area (Å²) in [5.74, 6) is 0.208. The van der Waals surface area contributed by atoms with E-state index in [1.165, 1.54) is 12.3 Å². The number of carbonyl (C=O) groups is 2. The summed E-state index contributed by atoms with van der Waals surface area (Å²) in [6, 6.07) is 16.1. The van der Waals surface area contributed by atoms with Crippen LogP contribution in [0, 0.1) is 6.92 Å². The van der Waals surface area contributed by atoms with Crippen LogP contribution in [0.3, 0.4) is 0 Å². The first-order chi connectivity index (χ1) is 13.6. The van der Waals surface area contributed by atoms with E-state index in [1.807, 2.05) is 25.1 Å². The van der Waals surface area contributed by atoms with Gasteiger partial charge in [-0.2, -0.15) is 0 Å². The normalized spacial score (nSPS) is 11.2. The predicted molar refractivity (Wildman–Crippen MR) is 107 cm³/mol. The summed E-state index contributed by atoms with van der Waals surface area (Å²) < 4.78 is 5.10. The number of ketones is 1. The van der Waals surface area contributed by atoms with Gasteiger partial charge in [0.1, 0.15) is 0 Å². The van der Waals surface area contributed by atoms with E-state index in [0.29, 0.717) is 17.3 Å². The third kappa shape index (κ3) is 3.76. The van der Waals surface area contributed by atoms with Crippen LogP contribution in [0.4, 0.5) is 5.88 Å². The lowest BCUT2D eigenvalue weighted by Gasteiger charge is -2.02. The molecule has 0 aliphatic carbocycles. The number of nitrogens with one attached hydrogen (secondary N) is 2. The van der Waals surface area contributed by atoms with Crippen LogP contribution in [0.25, 0.3) is 17.1 Å². The maximum absolute atomic E-state index is 12.4. The molecule has 0 aliphatic rings. The SMILES string of the molecule is Cc1ccc2nc(C(=O)C=Cc3ccc(C(=O)Nc4ccco4)cc3)[nH]c2c1. The maximum Gasteiger partial charge on any atom is 0.257 e. The Morgan fingerprint density at radius 1 is 1.11 bits per heavy atom. The number of aryl methyl sites for hydroxylation is 1. The second-order valence-corrected chi connectivity index (χ2v) is 6.36. The minimum atomic E-state index is -0.265. The molecule has 138 valence electrons. The molecule has 1 amide bonds. The molecule has 0 saturated carbocycles. The van der Waals surface area contributed by atoms with Crippen molar-refractivity contribution >= 4 is 34.7 Å². The average molecular weight is 371 g/mol. The topological polar surface area (TPSA) is 88.0 Å². The van der Waals surface area contributed by atoms with Crippen LogP contribution in [0.2, 0.25) is 0 Å². The number of anilines is 1. The molecule has 28 heavy (non-hydrogen) atoms. The van der Waals surface area contributed by atoms with Crippen molar-refractivity contribution in [2.45, 2.75) is 6.92 Å². The second-order valence-electron chi connectivity index (χ2n) is 6.36. The Morgan fingerprint density at radius 3 is 2.68 bits per heavy atom. The molecule has 0 radical (unpaired) electrons. The highest BCUT2D eigenvalue weighted by Gasteiger charge is 2.09. The van der Waals surface area contributed by atoms with Crippen molar-refractivity contribution in [1.29, 1.82) is 0 Å². The first-order valence-corrected chi connectivity index (χ1v) is 8.72. The van der Waals surface area contributed by atoms with E-state index in [0.717, 1.165) is 22.2 Å². The van der Waals surface area contributed by atoms with Gasteiger partial charge in [-0.25, -0.2) is 4.98 Å². The van der Waals surface area contributed by atoms with Gasteiger partial charge < -0.3 is 9.40 Å². The molecule has 0 fully saturated rings. The smallest absolute Gasteiger partial charge is 0.257 e. The third-order valence-corrected chi connectivity index (χ3v) is 4.23. The van der Waals surface area contributed by atoms with Crippen molar-refractivity contribution in [1.82, 2.24) is 9.97 Å². The summed E-state index contributed by atoms with van der Waals surface area (Å²) in [6.45, 7) is 1.99. The van der Waals surface area contributed by atoms with E-state index in [2.05, 4.69) is 15.3 Å². The third-order valence-electron chi connectivity index (χ3n) is 4.23. The van der Waals surface area contributed by atoms with Gasteiger partial charge in [0.05, 0.1) is 17.3 Å². The van der Waals surface area contributed by atoms with Gasteiger partial charge in [-0.3, -0.25) is 14.9 Å². The number of carbonyl (C=O) groups excluding carboxylic acids is 2. The number of furan rings is 1. The molecule has 2 aromatic heterocycles.